The molecular formula is C14H13NO2. The van der Waals surface area contributed by atoms with Gasteiger partial charge in [-0.25, -0.2) is 0 Å². The third-order valence-corrected chi connectivity index (χ3v) is 3.20. The van der Waals surface area contributed by atoms with E-state index in [4.69, 9.17) is 4.84 Å². The van der Waals surface area contributed by atoms with E-state index in [1.165, 1.54) is 17.7 Å². The molecule has 2 aromatic rings. The quantitative estimate of drug-likeness (QED) is 0.749. The molecule has 0 saturated carbocycles. The van der Waals surface area contributed by atoms with E-state index in [9.17, 15) is 4.79 Å². The standard InChI is InChI=1S/C14H13NO2/c1-17-15-13(16)9-8-11-7-6-10-4-2-3-5-12(10)14(11)15/h2-7H,8-9H2,1H3. The molecule has 1 amide bonds. The van der Waals surface area contributed by atoms with Crippen molar-refractivity contribution >= 4 is 22.4 Å². The van der Waals surface area contributed by atoms with Crippen molar-refractivity contribution < 1.29 is 9.63 Å². The maximum Gasteiger partial charge on any atom is 0.251 e. The van der Waals surface area contributed by atoms with Gasteiger partial charge < -0.3 is 0 Å². The first-order valence-corrected chi connectivity index (χ1v) is 5.69. The molecule has 86 valence electrons. The van der Waals surface area contributed by atoms with Crippen LogP contribution in [0.5, 0.6) is 0 Å². The molecule has 1 aliphatic rings. The highest BCUT2D eigenvalue weighted by molar-refractivity contribution is 6.05. The maximum atomic E-state index is 11.8. The molecule has 1 aliphatic heterocycles. The Kier molecular flexibility index (Phi) is 2.34. The number of carbonyl (C=O) groups excluding carboxylic acids is 1. The molecule has 1 heterocycles. The van der Waals surface area contributed by atoms with E-state index in [0.29, 0.717) is 6.42 Å². The van der Waals surface area contributed by atoms with Crippen molar-refractivity contribution in [3.8, 4) is 0 Å². The summed E-state index contributed by atoms with van der Waals surface area (Å²) in [7, 11) is 1.54. The maximum absolute atomic E-state index is 11.8. The lowest BCUT2D eigenvalue weighted by Gasteiger charge is -2.28. The topological polar surface area (TPSA) is 29.5 Å². The second-order valence-corrected chi connectivity index (χ2v) is 4.17. The predicted octanol–water partition coefficient (Wildman–Crippen LogP) is 2.68. The number of hydroxylamine groups is 1. The minimum Gasteiger partial charge on any atom is -0.272 e. The highest BCUT2D eigenvalue weighted by Crippen LogP contribution is 2.35. The summed E-state index contributed by atoms with van der Waals surface area (Å²) in [6.07, 6.45) is 1.30. The van der Waals surface area contributed by atoms with Crippen molar-refractivity contribution in [2.24, 2.45) is 0 Å². The fraction of sp³-hybridized carbons (Fsp3) is 0.214. The van der Waals surface area contributed by atoms with Gasteiger partial charge in [-0.2, -0.15) is 5.06 Å². The van der Waals surface area contributed by atoms with Crippen LogP contribution in [0.3, 0.4) is 0 Å². The second kappa shape index (κ2) is 3.86. The number of benzene rings is 2. The van der Waals surface area contributed by atoms with Crippen LogP contribution in [0.2, 0.25) is 0 Å². The van der Waals surface area contributed by atoms with Crippen LogP contribution in [0.25, 0.3) is 10.8 Å². The predicted molar refractivity (Wildman–Crippen MR) is 66.8 cm³/mol. The highest BCUT2D eigenvalue weighted by atomic mass is 16.7. The molecule has 3 nitrogen and oxygen atoms in total. The molecule has 0 radical (unpaired) electrons. The molecule has 0 aromatic heterocycles. The van der Waals surface area contributed by atoms with Gasteiger partial charge in [-0.1, -0.05) is 36.4 Å². The van der Waals surface area contributed by atoms with Crippen LogP contribution >= 0.6 is 0 Å². The van der Waals surface area contributed by atoms with Crippen LogP contribution in [0.15, 0.2) is 36.4 Å². The summed E-state index contributed by atoms with van der Waals surface area (Å²) in [6, 6.07) is 12.2. The van der Waals surface area contributed by atoms with Crippen LogP contribution in [0, 0.1) is 0 Å². The highest BCUT2D eigenvalue weighted by Gasteiger charge is 2.25. The van der Waals surface area contributed by atoms with Gasteiger partial charge in [0.15, 0.2) is 0 Å². The number of hydrogen-bond donors (Lipinski definition) is 0. The van der Waals surface area contributed by atoms with Crippen LogP contribution in [-0.2, 0) is 16.1 Å². The normalized spacial score (nSPS) is 15.1. The lowest BCUT2D eigenvalue weighted by Crippen LogP contribution is -2.34. The van der Waals surface area contributed by atoms with Crippen molar-refractivity contribution in [2.45, 2.75) is 12.8 Å². The van der Waals surface area contributed by atoms with Crippen LogP contribution in [0.4, 0.5) is 5.69 Å². The molecule has 0 bridgehead atoms. The first kappa shape index (κ1) is 10.3. The Morgan fingerprint density at radius 3 is 2.76 bits per heavy atom. The average molecular weight is 227 g/mol. The van der Waals surface area contributed by atoms with Gasteiger partial charge in [0.1, 0.15) is 0 Å². The number of nitrogens with zero attached hydrogens (tertiary/aromatic N) is 1. The molecule has 0 saturated heterocycles. The van der Waals surface area contributed by atoms with Gasteiger partial charge >= 0.3 is 0 Å². The molecule has 3 heteroatoms. The minimum absolute atomic E-state index is 0.0244. The smallest absolute Gasteiger partial charge is 0.251 e. The Balaban J connectivity index is 2.32. The van der Waals surface area contributed by atoms with Gasteiger partial charge in [0.25, 0.3) is 5.91 Å². The largest absolute Gasteiger partial charge is 0.272 e. The zero-order chi connectivity index (χ0) is 11.8. The van der Waals surface area contributed by atoms with Crippen molar-refractivity contribution in [3.63, 3.8) is 0 Å². The van der Waals surface area contributed by atoms with Gasteiger partial charge in [-0.15, -0.1) is 0 Å². The second-order valence-electron chi connectivity index (χ2n) is 4.17. The number of rotatable bonds is 1. The Labute approximate surface area is 99.6 Å². The van der Waals surface area contributed by atoms with Crippen LogP contribution in [-0.4, -0.2) is 13.0 Å². The fourth-order valence-electron chi connectivity index (χ4n) is 2.40. The fourth-order valence-corrected chi connectivity index (χ4v) is 2.40. The molecule has 2 aromatic carbocycles. The number of aryl methyl sites for hydroxylation is 1. The Morgan fingerprint density at radius 2 is 1.94 bits per heavy atom. The summed E-state index contributed by atoms with van der Waals surface area (Å²) in [5.74, 6) is 0.0244. The van der Waals surface area contributed by atoms with Crippen molar-refractivity contribution in [2.75, 3.05) is 12.2 Å². The Bertz CT molecular complexity index is 592. The summed E-state index contributed by atoms with van der Waals surface area (Å²) < 4.78 is 0. The van der Waals surface area contributed by atoms with Crippen molar-refractivity contribution in [1.29, 1.82) is 0 Å². The van der Waals surface area contributed by atoms with E-state index < -0.39 is 0 Å². The lowest BCUT2D eigenvalue weighted by molar-refractivity contribution is -0.125. The van der Waals surface area contributed by atoms with Crippen molar-refractivity contribution in [1.82, 2.24) is 0 Å². The molecule has 17 heavy (non-hydrogen) atoms. The van der Waals surface area contributed by atoms with Gasteiger partial charge in [0, 0.05) is 11.8 Å². The molecule has 0 fully saturated rings. The van der Waals surface area contributed by atoms with Crippen LogP contribution in [0.1, 0.15) is 12.0 Å². The third-order valence-electron chi connectivity index (χ3n) is 3.20. The molecule has 3 rings (SSSR count). The van der Waals surface area contributed by atoms with E-state index in [2.05, 4.69) is 12.1 Å². The van der Waals surface area contributed by atoms with E-state index in [-0.39, 0.29) is 5.91 Å². The molecule has 0 unspecified atom stereocenters. The number of amides is 1. The molecule has 0 atom stereocenters. The summed E-state index contributed by atoms with van der Waals surface area (Å²) >= 11 is 0. The summed E-state index contributed by atoms with van der Waals surface area (Å²) in [6.45, 7) is 0. The molecular weight excluding hydrogens is 214 g/mol. The average Bonchev–Trinajstić information content (AvgIpc) is 2.38. The Morgan fingerprint density at radius 1 is 1.12 bits per heavy atom. The summed E-state index contributed by atoms with van der Waals surface area (Å²) in [5.41, 5.74) is 2.08. The first-order valence-electron chi connectivity index (χ1n) is 5.69. The molecule has 0 aliphatic carbocycles. The first-order chi connectivity index (χ1) is 8.31. The van der Waals surface area contributed by atoms with E-state index in [1.807, 2.05) is 24.3 Å². The van der Waals surface area contributed by atoms with E-state index >= 15 is 0 Å². The van der Waals surface area contributed by atoms with Gasteiger partial charge in [-0.05, 0) is 17.4 Å². The zero-order valence-electron chi connectivity index (χ0n) is 9.64. The van der Waals surface area contributed by atoms with Gasteiger partial charge in [0.2, 0.25) is 0 Å². The Hall–Kier alpha value is -1.87. The monoisotopic (exact) mass is 227 g/mol. The lowest BCUT2D eigenvalue weighted by atomic mass is 9.97. The zero-order valence-corrected chi connectivity index (χ0v) is 9.64. The summed E-state index contributed by atoms with van der Waals surface area (Å²) in [5, 5.41) is 3.61. The summed E-state index contributed by atoms with van der Waals surface area (Å²) in [4.78, 5) is 17.1. The SMILES string of the molecule is CON1C(=O)CCc2ccc3ccccc3c21. The number of carbonyl (C=O) groups is 1. The molecule has 0 N–H and O–H groups in total. The van der Waals surface area contributed by atoms with Gasteiger partial charge in [-0.3, -0.25) is 9.63 Å². The van der Waals surface area contributed by atoms with Gasteiger partial charge in [0.05, 0.1) is 12.8 Å². The van der Waals surface area contributed by atoms with E-state index in [0.717, 1.165) is 22.9 Å². The number of anilines is 1. The third kappa shape index (κ3) is 1.51. The number of fused-ring (bicyclic) bond motifs is 3. The number of hydrogen-bond acceptors (Lipinski definition) is 2. The minimum atomic E-state index is 0.0244. The van der Waals surface area contributed by atoms with Crippen molar-refractivity contribution in [3.05, 3.63) is 42.0 Å². The molecule has 0 spiro atoms. The van der Waals surface area contributed by atoms with Crippen LogP contribution < -0.4 is 5.06 Å². The van der Waals surface area contributed by atoms with E-state index in [1.54, 1.807) is 0 Å².